The van der Waals surface area contributed by atoms with E-state index in [0.29, 0.717) is 6.61 Å². The maximum absolute atomic E-state index is 10.7. The van der Waals surface area contributed by atoms with Gasteiger partial charge in [0.2, 0.25) is 10.0 Å². The van der Waals surface area contributed by atoms with Crippen LogP contribution in [-0.4, -0.2) is 39.7 Å². The molecule has 1 aliphatic rings. The third-order valence-corrected chi connectivity index (χ3v) is 2.33. The van der Waals surface area contributed by atoms with Gasteiger partial charge in [-0.2, -0.15) is 0 Å². The highest BCUT2D eigenvalue weighted by molar-refractivity contribution is 7.88. The van der Waals surface area contributed by atoms with Crippen LogP contribution in [0.3, 0.4) is 0 Å². The van der Waals surface area contributed by atoms with Crippen molar-refractivity contribution >= 4 is 10.0 Å². The lowest BCUT2D eigenvalue weighted by Gasteiger charge is -2.16. The summed E-state index contributed by atoms with van der Waals surface area (Å²) in [4.78, 5) is 0. The molecule has 0 aromatic heterocycles. The number of hydrogen-bond donors (Lipinski definition) is 1. The highest BCUT2D eigenvalue weighted by atomic mass is 32.2. The Hall–Kier alpha value is -0.170. The summed E-state index contributed by atoms with van der Waals surface area (Å²) in [6.45, 7) is 4.29. The van der Waals surface area contributed by atoms with Crippen molar-refractivity contribution in [2.45, 2.75) is 25.7 Å². The van der Waals surface area contributed by atoms with Gasteiger partial charge in [-0.05, 0) is 13.8 Å². The molecule has 0 amide bonds. The average molecular weight is 209 g/mol. The second-order valence-electron chi connectivity index (χ2n) is 3.57. The predicted octanol–water partition coefficient (Wildman–Crippen LogP) is -0.313. The number of rotatable bonds is 3. The lowest BCUT2D eigenvalue weighted by Crippen LogP contribution is -2.33. The molecule has 13 heavy (non-hydrogen) atoms. The zero-order valence-corrected chi connectivity index (χ0v) is 8.85. The summed E-state index contributed by atoms with van der Waals surface area (Å²) < 4.78 is 34.5. The molecule has 1 rings (SSSR count). The highest BCUT2D eigenvalue weighted by Crippen LogP contribution is 2.21. The molecule has 0 saturated carbocycles. The summed E-state index contributed by atoms with van der Waals surface area (Å²) >= 11 is 0. The molecule has 1 atom stereocenters. The largest absolute Gasteiger partial charge is 0.348 e. The van der Waals surface area contributed by atoms with Crippen LogP contribution < -0.4 is 4.72 Å². The molecule has 1 unspecified atom stereocenters. The van der Waals surface area contributed by atoms with Crippen LogP contribution in [0, 0.1) is 0 Å². The van der Waals surface area contributed by atoms with Gasteiger partial charge in [-0.25, -0.2) is 13.1 Å². The van der Waals surface area contributed by atoms with Gasteiger partial charge in [0.1, 0.15) is 0 Å². The number of sulfonamides is 1. The lowest BCUT2D eigenvalue weighted by atomic mass is 10.4. The molecular formula is C7H15NO4S. The normalized spacial score (nSPS) is 27.8. The first-order valence-electron chi connectivity index (χ1n) is 4.05. The second-order valence-corrected chi connectivity index (χ2v) is 5.40. The van der Waals surface area contributed by atoms with Gasteiger partial charge >= 0.3 is 0 Å². The van der Waals surface area contributed by atoms with E-state index in [1.807, 2.05) is 0 Å². The SMILES string of the molecule is CC1(C)OCC(CNS(C)(=O)=O)O1. The minimum Gasteiger partial charge on any atom is -0.348 e. The summed E-state index contributed by atoms with van der Waals surface area (Å²) in [6, 6.07) is 0. The Bertz CT molecular complexity index is 272. The maximum atomic E-state index is 10.7. The van der Waals surface area contributed by atoms with Crippen molar-refractivity contribution in [2.75, 3.05) is 19.4 Å². The van der Waals surface area contributed by atoms with Crippen molar-refractivity contribution < 1.29 is 17.9 Å². The molecule has 1 saturated heterocycles. The van der Waals surface area contributed by atoms with E-state index in [-0.39, 0.29) is 12.6 Å². The minimum atomic E-state index is -3.13. The fraction of sp³-hybridized carbons (Fsp3) is 1.00. The van der Waals surface area contributed by atoms with E-state index in [1.54, 1.807) is 13.8 Å². The number of hydrogen-bond acceptors (Lipinski definition) is 4. The molecule has 1 fully saturated rings. The molecule has 0 bridgehead atoms. The van der Waals surface area contributed by atoms with Crippen molar-refractivity contribution in [3.8, 4) is 0 Å². The van der Waals surface area contributed by atoms with E-state index >= 15 is 0 Å². The zero-order chi connectivity index (χ0) is 10.1. The third-order valence-electron chi connectivity index (χ3n) is 1.64. The molecular weight excluding hydrogens is 194 g/mol. The molecule has 0 radical (unpaired) electrons. The summed E-state index contributed by atoms with van der Waals surface area (Å²) in [5.41, 5.74) is 0. The molecule has 1 N–H and O–H groups in total. The first-order valence-corrected chi connectivity index (χ1v) is 5.94. The zero-order valence-electron chi connectivity index (χ0n) is 8.03. The Morgan fingerprint density at radius 2 is 2.15 bits per heavy atom. The van der Waals surface area contributed by atoms with E-state index in [0.717, 1.165) is 6.26 Å². The number of ether oxygens (including phenoxy) is 2. The molecule has 6 heteroatoms. The Kier molecular flexibility index (Phi) is 2.96. The Balaban J connectivity index is 2.34. The van der Waals surface area contributed by atoms with Gasteiger partial charge in [-0.3, -0.25) is 0 Å². The van der Waals surface area contributed by atoms with Crippen LogP contribution in [0.2, 0.25) is 0 Å². The minimum absolute atomic E-state index is 0.190. The first kappa shape index (κ1) is 10.9. The van der Waals surface area contributed by atoms with E-state index in [2.05, 4.69) is 4.72 Å². The summed E-state index contributed by atoms with van der Waals surface area (Å²) in [6.07, 6.45) is 0.929. The van der Waals surface area contributed by atoms with Gasteiger partial charge in [0.15, 0.2) is 5.79 Å². The Labute approximate surface area is 78.5 Å². The monoisotopic (exact) mass is 209 g/mol. The number of nitrogens with one attached hydrogen (secondary N) is 1. The van der Waals surface area contributed by atoms with Crippen LogP contribution in [-0.2, 0) is 19.5 Å². The van der Waals surface area contributed by atoms with Gasteiger partial charge < -0.3 is 9.47 Å². The molecule has 1 aliphatic heterocycles. The van der Waals surface area contributed by atoms with Gasteiger partial charge in [0.25, 0.3) is 0 Å². The van der Waals surface area contributed by atoms with Gasteiger partial charge in [-0.15, -0.1) is 0 Å². The molecule has 0 aromatic rings. The van der Waals surface area contributed by atoms with E-state index in [9.17, 15) is 8.42 Å². The fourth-order valence-electron chi connectivity index (χ4n) is 1.11. The molecule has 78 valence electrons. The summed E-state index contributed by atoms with van der Waals surface area (Å²) in [7, 11) is -3.13. The molecule has 0 aromatic carbocycles. The molecule has 5 nitrogen and oxygen atoms in total. The quantitative estimate of drug-likeness (QED) is 0.692. The van der Waals surface area contributed by atoms with Crippen LogP contribution in [0.25, 0.3) is 0 Å². The Morgan fingerprint density at radius 3 is 2.54 bits per heavy atom. The average Bonchev–Trinajstić information content (AvgIpc) is 2.24. The van der Waals surface area contributed by atoms with Crippen molar-refractivity contribution in [1.82, 2.24) is 4.72 Å². The van der Waals surface area contributed by atoms with Crippen LogP contribution >= 0.6 is 0 Å². The third kappa shape index (κ3) is 4.04. The fourth-order valence-corrected chi connectivity index (χ4v) is 1.60. The van der Waals surface area contributed by atoms with E-state index in [1.165, 1.54) is 0 Å². The van der Waals surface area contributed by atoms with Crippen molar-refractivity contribution in [2.24, 2.45) is 0 Å². The molecule has 1 heterocycles. The first-order chi connectivity index (χ1) is 5.79. The maximum Gasteiger partial charge on any atom is 0.208 e. The predicted molar refractivity (Wildman–Crippen MR) is 47.8 cm³/mol. The van der Waals surface area contributed by atoms with Crippen molar-refractivity contribution in [1.29, 1.82) is 0 Å². The van der Waals surface area contributed by atoms with Crippen molar-refractivity contribution in [3.63, 3.8) is 0 Å². The van der Waals surface area contributed by atoms with E-state index in [4.69, 9.17) is 9.47 Å². The summed E-state index contributed by atoms with van der Waals surface area (Å²) in [5, 5.41) is 0. The van der Waals surface area contributed by atoms with Crippen LogP contribution in [0.15, 0.2) is 0 Å². The standard InChI is InChI=1S/C7H15NO4S/c1-7(2)11-5-6(12-7)4-8-13(3,9)10/h6,8H,4-5H2,1-3H3. The topological polar surface area (TPSA) is 64.6 Å². The second kappa shape index (κ2) is 3.53. The van der Waals surface area contributed by atoms with Crippen LogP contribution in [0.1, 0.15) is 13.8 Å². The highest BCUT2D eigenvalue weighted by Gasteiger charge is 2.32. The molecule has 0 aliphatic carbocycles. The summed E-state index contributed by atoms with van der Waals surface area (Å²) in [5.74, 6) is -0.593. The van der Waals surface area contributed by atoms with Crippen LogP contribution in [0.4, 0.5) is 0 Å². The van der Waals surface area contributed by atoms with Gasteiger partial charge in [-0.1, -0.05) is 0 Å². The van der Waals surface area contributed by atoms with Crippen LogP contribution in [0.5, 0.6) is 0 Å². The van der Waals surface area contributed by atoms with E-state index < -0.39 is 15.8 Å². The van der Waals surface area contributed by atoms with Gasteiger partial charge in [0.05, 0.1) is 19.0 Å². The lowest BCUT2D eigenvalue weighted by molar-refractivity contribution is -0.137. The Morgan fingerprint density at radius 1 is 1.54 bits per heavy atom. The molecule has 0 spiro atoms. The smallest absolute Gasteiger partial charge is 0.208 e. The van der Waals surface area contributed by atoms with Crippen molar-refractivity contribution in [3.05, 3.63) is 0 Å². The van der Waals surface area contributed by atoms with Gasteiger partial charge in [0, 0.05) is 6.54 Å².